The van der Waals surface area contributed by atoms with E-state index in [1.54, 1.807) is 35.2 Å². The van der Waals surface area contributed by atoms with E-state index in [1.807, 2.05) is 0 Å². The van der Waals surface area contributed by atoms with Crippen molar-refractivity contribution in [3.63, 3.8) is 0 Å². The molecule has 1 atom stereocenters. The maximum absolute atomic E-state index is 12.4. The molecule has 8 heteroatoms. The molecule has 27 heavy (non-hydrogen) atoms. The normalized spacial score (nSPS) is 16.6. The van der Waals surface area contributed by atoms with Gasteiger partial charge in [0.05, 0.1) is 24.2 Å². The van der Waals surface area contributed by atoms with Gasteiger partial charge in [0.15, 0.2) is 0 Å². The predicted molar refractivity (Wildman–Crippen MR) is 98.8 cm³/mol. The molecule has 0 aliphatic carbocycles. The molecule has 142 valence electrons. The lowest BCUT2D eigenvalue weighted by atomic mass is 9.97. The van der Waals surface area contributed by atoms with Crippen LogP contribution in [0.15, 0.2) is 47.3 Å². The SMILES string of the molecule is O=C(Cc1ccc(Cl)cc1)NNC(=O)C1CCCN(C(=O)c2ccoc2)C1. The molecule has 2 heterocycles. The summed E-state index contributed by atoms with van der Waals surface area (Å²) >= 11 is 5.81. The molecule has 0 saturated carbocycles. The summed E-state index contributed by atoms with van der Waals surface area (Å²) in [6, 6.07) is 8.52. The number of rotatable bonds is 4. The second kappa shape index (κ2) is 8.73. The van der Waals surface area contributed by atoms with Crippen molar-refractivity contribution in [1.82, 2.24) is 15.8 Å². The lowest BCUT2D eigenvalue weighted by molar-refractivity contribution is -0.131. The minimum atomic E-state index is -0.370. The Balaban J connectivity index is 1.48. The first kappa shape index (κ1) is 19.0. The number of furan rings is 1. The van der Waals surface area contributed by atoms with Crippen molar-refractivity contribution in [2.45, 2.75) is 19.3 Å². The summed E-state index contributed by atoms with van der Waals surface area (Å²) in [6.07, 6.45) is 4.35. The number of benzene rings is 1. The fourth-order valence-electron chi connectivity index (χ4n) is 3.01. The average molecular weight is 390 g/mol. The van der Waals surface area contributed by atoms with Gasteiger partial charge in [-0.1, -0.05) is 23.7 Å². The van der Waals surface area contributed by atoms with E-state index in [4.69, 9.17) is 16.0 Å². The Morgan fingerprint density at radius 1 is 1.15 bits per heavy atom. The summed E-state index contributed by atoms with van der Waals surface area (Å²) < 4.78 is 4.94. The number of hydrogen-bond acceptors (Lipinski definition) is 4. The van der Waals surface area contributed by atoms with Crippen molar-refractivity contribution < 1.29 is 18.8 Å². The van der Waals surface area contributed by atoms with Crippen LogP contribution in [0.25, 0.3) is 0 Å². The van der Waals surface area contributed by atoms with Crippen LogP contribution in [-0.4, -0.2) is 35.7 Å². The van der Waals surface area contributed by atoms with Crippen LogP contribution in [0.4, 0.5) is 0 Å². The van der Waals surface area contributed by atoms with Crippen LogP contribution >= 0.6 is 11.6 Å². The molecule has 2 N–H and O–H groups in total. The topological polar surface area (TPSA) is 91.7 Å². The van der Waals surface area contributed by atoms with Crippen LogP contribution in [-0.2, 0) is 16.0 Å². The fraction of sp³-hybridized carbons (Fsp3) is 0.316. The Bertz CT molecular complexity index is 805. The Labute approximate surface area is 161 Å². The molecule has 0 bridgehead atoms. The van der Waals surface area contributed by atoms with Crippen LogP contribution in [0.1, 0.15) is 28.8 Å². The second-order valence-corrected chi connectivity index (χ2v) is 6.88. The lowest BCUT2D eigenvalue weighted by Gasteiger charge is -2.31. The van der Waals surface area contributed by atoms with Gasteiger partial charge in [-0.3, -0.25) is 25.2 Å². The molecule has 1 unspecified atom stereocenters. The molecule has 1 aliphatic heterocycles. The molecule has 1 aliphatic rings. The molecule has 1 fully saturated rings. The average Bonchev–Trinajstić information content (AvgIpc) is 3.22. The standard InChI is InChI=1S/C19H20ClN3O4/c20-16-5-3-13(4-6-16)10-17(24)21-22-18(25)14-2-1-8-23(11-14)19(26)15-7-9-27-12-15/h3-7,9,12,14H,1-2,8,10-11H2,(H,21,24)(H,22,25). The predicted octanol–water partition coefficient (Wildman–Crippen LogP) is 2.18. The largest absolute Gasteiger partial charge is 0.472 e. The highest BCUT2D eigenvalue weighted by molar-refractivity contribution is 6.30. The van der Waals surface area contributed by atoms with Gasteiger partial charge in [0.1, 0.15) is 6.26 Å². The van der Waals surface area contributed by atoms with Gasteiger partial charge in [0.25, 0.3) is 5.91 Å². The molecule has 1 aromatic heterocycles. The first-order chi connectivity index (χ1) is 13.0. The van der Waals surface area contributed by atoms with Crippen LogP contribution in [0.5, 0.6) is 0 Å². The minimum Gasteiger partial charge on any atom is -0.472 e. The number of piperidine rings is 1. The zero-order chi connectivity index (χ0) is 19.2. The van der Waals surface area contributed by atoms with E-state index < -0.39 is 0 Å². The van der Waals surface area contributed by atoms with E-state index in [0.29, 0.717) is 30.1 Å². The number of halogens is 1. The first-order valence-corrected chi connectivity index (χ1v) is 9.05. The van der Waals surface area contributed by atoms with Gasteiger partial charge in [0.2, 0.25) is 11.8 Å². The van der Waals surface area contributed by atoms with E-state index >= 15 is 0 Å². The zero-order valence-electron chi connectivity index (χ0n) is 14.6. The maximum Gasteiger partial charge on any atom is 0.257 e. The number of hydrazine groups is 1. The van der Waals surface area contributed by atoms with Gasteiger partial charge < -0.3 is 9.32 Å². The smallest absolute Gasteiger partial charge is 0.257 e. The third kappa shape index (κ3) is 5.10. The van der Waals surface area contributed by atoms with Crippen LogP contribution in [0, 0.1) is 5.92 Å². The number of amides is 3. The Morgan fingerprint density at radius 3 is 2.63 bits per heavy atom. The van der Waals surface area contributed by atoms with Gasteiger partial charge in [-0.2, -0.15) is 0 Å². The fourth-order valence-corrected chi connectivity index (χ4v) is 3.14. The summed E-state index contributed by atoms with van der Waals surface area (Å²) in [6.45, 7) is 0.902. The van der Waals surface area contributed by atoms with E-state index in [1.165, 1.54) is 12.5 Å². The van der Waals surface area contributed by atoms with E-state index in [0.717, 1.165) is 12.0 Å². The van der Waals surface area contributed by atoms with Gasteiger partial charge in [-0.05, 0) is 36.6 Å². The number of nitrogens with zero attached hydrogens (tertiary/aromatic N) is 1. The Hall–Kier alpha value is -2.80. The van der Waals surface area contributed by atoms with Gasteiger partial charge >= 0.3 is 0 Å². The lowest BCUT2D eigenvalue weighted by Crippen LogP contribution is -2.50. The first-order valence-electron chi connectivity index (χ1n) is 8.67. The number of likely N-dealkylation sites (tertiary alicyclic amines) is 1. The number of carbonyl (C=O) groups excluding carboxylic acids is 3. The van der Waals surface area contributed by atoms with Crippen molar-refractivity contribution in [1.29, 1.82) is 0 Å². The Kier molecular flexibility index (Phi) is 6.13. The molecule has 1 saturated heterocycles. The van der Waals surface area contributed by atoms with Crippen LogP contribution in [0.3, 0.4) is 0 Å². The highest BCUT2D eigenvalue weighted by Gasteiger charge is 2.29. The molecule has 7 nitrogen and oxygen atoms in total. The molecule has 0 spiro atoms. The molecule has 3 rings (SSSR count). The van der Waals surface area contributed by atoms with E-state index in [9.17, 15) is 14.4 Å². The van der Waals surface area contributed by atoms with E-state index in [2.05, 4.69) is 10.9 Å². The molecule has 3 amide bonds. The maximum atomic E-state index is 12.4. The van der Waals surface area contributed by atoms with Gasteiger partial charge in [-0.25, -0.2) is 0 Å². The zero-order valence-corrected chi connectivity index (χ0v) is 15.4. The van der Waals surface area contributed by atoms with Crippen molar-refractivity contribution in [2.24, 2.45) is 5.92 Å². The summed E-state index contributed by atoms with van der Waals surface area (Å²) in [7, 11) is 0. The molecule has 1 aromatic carbocycles. The second-order valence-electron chi connectivity index (χ2n) is 6.44. The third-order valence-electron chi connectivity index (χ3n) is 4.45. The molecular formula is C19H20ClN3O4. The number of hydrogen-bond donors (Lipinski definition) is 2. The molecule has 2 aromatic rings. The van der Waals surface area contributed by atoms with Gasteiger partial charge in [0, 0.05) is 18.1 Å². The third-order valence-corrected chi connectivity index (χ3v) is 4.70. The van der Waals surface area contributed by atoms with Crippen molar-refractivity contribution in [3.05, 3.63) is 59.0 Å². The number of carbonyl (C=O) groups is 3. The van der Waals surface area contributed by atoms with Crippen LogP contribution in [0.2, 0.25) is 5.02 Å². The molecule has 0 radical (unpaired) electrons. The van der Waals surface area contributed by atoms with Crippen molar-refractivity contribution >= 4 is 29.3 Å². The van der Waals surface area contributed by atoms with Gasteiger partial charge in [-0.15, -0.1) is 0 Å². The van der Waals surface area contributed by atoms with Crippen molar-refractivity contribution in [2.75, 3.05) is 13.1 Å². The van der Waals surface area contributed by atoms with E-state index in [-0.39, 0.29) is 30.1 Å². The Morgan fingerprint density at radius 2 is 1.93 bits per heavy atom. The monoisotopic (exact) mass is 389 g/mol. The highest BCUT2D eigenvalue weighted by Crippen LogP contribution is 2.19. The summed E-state index contributed by atoms with van der Waals surface area (Å²) in [5.41, 5.74) is 6.14. The summed E-state index contributed by atoms with van der Waals surface area (Å²) in [5, 5.41) is 0.597. The summed E-state index contributed by atoms with van der Waals surface area (Å²) in [4.78, 5) is 38.3. The van der Waals surface area contributed by atoms with Crippen LogP contribution < -0.4 is 10.9 Å². The molecular weight excluding hydrogens is 370 g/mol. The highest BCUT2D eigenvalue weighted by atomic mass is 35.5. The van der Waals surface area contributed by atoms with Crippen molar-refractivity contribution in [3.8, 4) is 0 Å². The quantitative estimate of drug-likeness (QED) is 0.784. The summed E-state index contributed by atoms with van der Waals surface area (Å²) in [5.74, 6) is -1.16. The minimum absolute atomic E-state index is 0.132. The number of nitrogens with one attached hydrogen (secondary N) is 2.